The minimum absolute atomic E-state index is 0.147. The summed E-state index contributed by atoms with van der Waals surface area (Å²) in [5, 5.41) is 40.2. The molecular weight excluding hydrogens is 400 g/mol. The Hall–Kier alpha value is -0.480. The van der Waals surface area contributed by atoms with Crippen LogP contribution in [0.15, 0.2) is 0 Å². The molecule has 3 aliphatic rings. The van der Waals surface area contributed by atoms with Crippen molar-refractivity contribution in [2.75, 3.05) is 13.2 Å². The molecule has 0 bridgehead atoms. The van der Waals surface area contributed by atoms with E-state index >= 15 is 0 Å². The van der Waals surface area contributed by atoms with E-state index in [1.165, 1.54) is 0 Å². The fraction of sp³-hybridized carbons (Fsp3) is 1.00. The number of nitrogens with two attached hydrogens (primary N) is 4. The van der Waals surface area contributed by atoms with Gasteiger partial charge in [-0.05, 0) is 12.8 Å². The van der Waals surface area contributed by atoms with Crippen LogP contribution in [-0.4, -0.2) is 107 Å². The van der Waals surface area contributed by atoms with Crippen LogP contribution in [0, 0.1) is 0 Å². The van der Waals surface area contributed by atoms with Gasteiger partial charge in [-0.15, -0.1) is 0 Å². The summed E-state index contributed by atoms with van der Waals surface area (Å²) in [4.78, 5) is 0. The Bertz CT molecular complexity index is 548. The van der Waals surface area contributed by atoms with Gasteiger partial charge in [0.15, 0.2) is 12.6 Å². The van der Waals surface area contributed by atoms with E-state index in [-0.39, 0.29) is 13.0 Å². The van der Waals surface area contributed by atoms with Crippen LogP contribution < -0.4 is 22.9 Å². The third kappa shape index (κ3) is 5.28. The predicted molar refractivity (Wildman–Crippen MR) is 104 cm³/mol. The van der Waals surface area contributed by atoms with E-state index in [0.717, 1.165) is 0 Å². The van der Waals surface area contributed by atoms with Gasteiger partial charge in [-0.3, -0.25) is 0 Å². The average Bonchev–Trinajstić information content (AvgIpc) is 2.71. The lowest BCUT2D eigenvalue weighted by molar-refractivity contribution is -0.292. The Morgan fingerprint density at radius 2 is 1.37 bits per heavy atom. The molecule has 0 radical (unpaired) electrons. The molecule has 0 aromatic rings. The van der Waals surface area contributed by atoms with Crippen LogP contribution in [0.2, 0.25) is 0 Å². The first kappa shape index (κ1) is 24.2. The number of hydrogen-bond donors (Lipinski definition) is 8. The molecule has 0 aromatic heterocycles. The molecule has 3 rings (SSSR count). The van der Waals surface area contributed by atoms with E-state index < -0.39 is 80.0 Å². The maximum absolute atomic E-state index is 10.9. The van der Waals surface area contributed by atoms with Crippen molar-refractivity contribution < 1.29 is 39.4 Å². The second-order valence-corrected chi connectivity index (χ2v) is 8.42. The summed E-state index contributed by atoms with van der Waals surface area (Å²) in [5.74, 6) is 0. The molecule has 3 fully saturated rings. The van der Waals surface area contributed by atoms with E-state index in [1.807, 2.05) is 0 Å². The van der Waals surface area contributed by atoms with Crippen molar-refractivity contribution in [3.63, 3.8) is 0 Å². The van der Waals surface area contributed by atoms with E-state index in [1.54, 1.807) is 0 Å². The summed E-state index contributed by atoms with van der Waals surface area (Å²) in [7, 11) is 0. The van der Waals surface area contributed by atoms with Gasteiger partial charge in [0.05, 0.1) is 24.9 Å². The molecule has 12 heteroatoms. The first-order valence-corrected chi connectivity index (χ1v) is 10.5. The van der Waals surface area contributed by atoms with Gasteiger partial charge in [0.2, 0.25) is 0 Å². The molecule has 30 heavy (non-hydrogen) atoms. The molecule has 12 atom stereocenters. The average molecular weight is 437 g/mol. The van der Waals surface area contributed by atoms with Crippen molar-refractivity contribution >= 4 is 0 Å². The van der Waals surface area contributed by atoms with E-state index in [0.29, 0.717) is 19.3 Å². The Morgan fingerprint density at radius 1 is 0.767 bits per heavy atom. The molecule has 1 aliphatic carbocycles. The molecule has 12 N–H and O–H groups in total. The van der Waals surface area contributed by atoms with Crippen LogP contribution in [0.25, 0.3) is 0 Å². The van der Waals surface area contributed by atoms with Crippen LogP contribution in [-0.2, 0) is 18.9 Å². The normalized spacial score (nSPS) is 50.4. The number of ether oxygens (including phenoxy) is 4. The number of hydrogen-bond acceptors (Lipinski definition) is 12. The molecule has 2 heterocycles. The third-order valence-corrected chi connectivity index (χ3v) is 6.16. The maximum Gasteiger partial charge on any atom is 0.160 e. The van der Waals surface area contributed by atoms with Crippen LogP contribution in [0.4, 0.5) is 0 Å². The lowest BCUT2D eigenvalue weighted by atomic mass is 9.84. The smallest absolute Gasteiger partial charge is 0.160 e. The van der Waals surface area contributed by atoms with Crippen LogP contribution in [0.3, 0.4) is 0 Å². The summed E-state index contributed by atoms with van der Waals surface area (Å²) in [6, 6.07) is -1.79. The number of aliphatic hydroxyl groups excluding tert-OH is 4. The molecule has 2 saturated heterocycles. The van der Waals surface area contributed by atoms with Gasteiger partial charge in [-0.1, -0.05) is 0 Å². The zero-order valence-electron chi connectivity index (χ0n) is 16.9. The Balaban J connectivity index is 1.63. The van der Waals surface area contributed by atoms with E-state index in [9.17, 15) is 20.4 Å². The van der Waals surface area contributed by atoms with Crippen LogP contribution in [0.5, 0.6) is 0 Å². The number of rotatable bonds is 6. The van der Waals surface area contributed by atoms with Gasteiger partial charge in [-0.25, -0.2) is 0 Å². The minimum atomic E-state index is -1.17. The van der Waals surface area contributed by atoms with Crippen molar-refractivity contribution in [3.8, 4) is 0 Å². The highest BCUT2D eigenvalue weighted by atomic mass is 16.7. The monoisotopic (exact) mass is 436 g/mol. The number of aliphatic hydroxyl groups is 4. The highest BCUT2D eigenvalue weighted by Crippen LogP contribution is 2.30. The van der Waals surface area contributed by atoms with Gasteiger partial charge in [-0.2, -0.15) is 0 Å². The fourth-order valence-corrected chi connectivity index (χ4v) is 4.36. The molecule has 2 aliphatic heterocycles. The molecule has 0 amide bonds. The maximum atomic E-state index is 10.9. The van der Waals surface area contributed by atoms with Crippen molar-refractivity contribution in [1.29, 1.82) is 0 Å². The van der Waals surface area contributed by atoms with Crippen LogP contribution >= 0.6 is 0 Å². The van der Waals surface area contributed by atoms with Gasteiger partial charge < -0.3 is 62.3 Å². The highest BCUT2D eigenvalue weighted by Gasteiger charge is 2.47. The van der Waals surface area contributed by atoms with Crippen LogP contribution in [0.1, 0.15) is 25.7 Å². The van der Waals surface area contributed by atoms with Gasteiger partial charge in [0.1, 0.15) is 24.4 Å². The fourth-order valence-electron chi connectivity index (χ4n) is 4.36. The largest absolute Gasteiger partial charge is 0.394 e. The molecular formula is C18H36N4O8. The lowest BCUT2D eigenvalue weighted by Gasteiger charge is -2.46. The molecule has 0 spiro atoms. The standard InChI is InChI=1S/C18H36N4O8/c19-5-11-10(24)1-2-13(27-11)29-17-8(21)3-9(22)18(16(17)26)30-14-4-7(20)15(25)12(6-23)28-14/h7-18,23-26H,1-6,19-22H2/t7-,8+,9-,10+,11-,12-,13-,14-,15+,16+,17-,18+/m1/s1. The second kappa shape index (κ2) is 10.4. The summed E-state index contributed by atoms with van der Waals surface area (Å²) in [6.07, 6.45) is -6.09. The second-order valence-electron chi connectivity index (χ2n) is 8.42. The van der Waals surface area contributed by atoms with Gasteiger partial charge in [0, 0.05) is 37.5 Å². The van der Waals surface area contributed by atoms with Gasteiger partial charge in [0.25, 0.3) is 0 Å². The van der Waals surface area contributed by atoms with E-state index in [4.69, 9.17) is 41.9 Å². The van der Waals surface area contributed by atoms with Crippen molar-refractivity contribution in [1.82, 2.24) is 0 Å². The lowest BCUT2D eigenvalue weighted by Crippen LogP contribution is -2.65. The Kier molecular flexibility index (Phi) is 8.40. The topological polar surface area (TPSA) is 222 Å². The van der Waals surface area contributed by atoms with Crippen molar-refractivity contribution in [2.24, 2.45) is 22.9 Å². The first-order valence-electron chi connectivity index (χ1n) is 10.5. The molecule has 0 aromatic carbocycles. The predicted octanol–water partition coefficient (Wildman–Crippen LogP) is -4.20. The Labute approximate surface area is 175 Å². The first-order chi connectivity index (χ1) is 14.2. The summed E-state index contributed by atoms with van der Waals surface area (Å²) in [5.41, 5.74) is 23.9. The van der Waals surface area contributed by atoms with Crippen molar-refractivity contribution in [3.05, 3.63) is 0 Å². The third-order valence-electron chi connectivity index (χ3n) is 6.16. The summed E-state index contributed by atoms with van der Waals surface area (Å²) < 4.78 is 23.1. The SMILES string of the molecule is NC[C@H]1O[C@H](O[C@H]2[C@H](O)[C@@H](O[C@@H]3C[C@@H](N)[C@H](O)[C@@H](CO)O3)[C@H](N)C[C@@H]2N)CC[C@@H]1O. The Morgan fingerprint density at radius 3 is 1.97 bits per heavy atom. The minimum Gasteiger partial charge on any atom is -0.394 e. The molecule has 0 unspecified atom stereocenters. The molecule has 1 saturated carbocycles. The summed E-state index contributed by atoms with van der Waals surface area (Å²) >= 11 is 0. The molecule has 176 valence electrons. The zero-order valence-corrected chi connectivity index (χ0v) is 16.9. The molecule has 12 nitrogen and oxygen atoms in total. The van der Waals surface area contributed by atoms with Crippen molar-refractivity contribution in [2.45, 2.75) is 99.1 Å². The highest BCUT2D eigenvalue weighted by molar-refractivity contribution is 4.99. The van der Waals surface area contributed by atoms with Gasteiger partial charge >= 0.3 is 0 Å². The zero-order chi connectivity index (χ0) is 22.0. The summed E-state index contributed by atoms with van der Waals surface area (Å²) in [6.45, 7) is -0.272. The quantitative estimate of drug-likeness (QED) is 0.198. The van der Waals surface area contributed by atoms with E-state index in [2.05, 4.69) is 0 Å².